The predicted molar refractivity (Wildman–Crippen MR) is 92.1 cm³/mol. The lowest BCUT2D eigenvalue weighted by molar-refractivity contribution is -0.121. The van der Waals surface area contributed by atoms with Crippen LogP contribution in [0.4, 0.5) is 4.39 Å². The van der Waals surface area contributed by atoms with E-state index in [1.165, 1.54) is 31.7 Å². The molecule has 2 aliphatic rings. The lowest BCUT2D eigenvalue weighted by atomic mass is 9.91. The van der Waals surface area contributed by atoms with E-state index >= 15 is 0 Å². The van der Waals surface area contributed by atoms with Gasteiger partial charge in [-0.15, -0.1) is 12.4 Å². The van der Waals surface area contributed by atoms with Crippen LogP contribution >= 0.6 is 12.4 Å². The summed E-state index contributed by atoms with van der Waals surface area (Å²) >= 11 is 0. The maximum Gasteiger partial charge on any atom is 0.234 e. The number of amides is 1. The third-order valence-electron chi connectivity index (χ3n) is 4.84. The Morgan fingerprint density at radius 1 is 1.17 bits per heavy atom. The van der Waals surface area contributed by atoms with E-state index in [2.05, 4.69) is 10.6 Å². The van der Waals surface area contributed by atoms with Gasteiger partial charge >= 0.3 is 0 Å². The molecule has 1 aromatic carbocycles. The number of benzene rings is 1. The van der Waals surface area contributed by atoms with Crippen LogP contribution in [0.15, 0.2) is 24.3 Å². The van der Waals surface area contributed by atoms with Crippen molar-refractivity contribution < 1.29 is 9.18 Å². The molecular formula is C18H26ClFN2O. The molecule has 0 aromatic heterocycles. The highest BCUT2D eigenvalue weighted by molar-refractivity contribution is 5.85. The van der Waals surface area contributed by atoms with Crippen LogP contribution < -0.4 is 10.6 Å². The zero-order chi connectivity index (χ0) is 15.4. The van der Waals surface area contributed by atoms with Gasteiger partial charge in [-0.25, -0.2) is 4.39 Å². The van der Waals surface area contributed by atoms with E-state index in [4.69, 9.17) is 0 Å². The van der Waals surface area contributed by atoms with Gasteiger partial charge in [0.2, 0.25) is 5.91 Å². The molecule has 1 aromatic rings. The standard InChI is InChI=1S/C18H25FN2O.ClH/c19-16-8-4-3-7-15(16)18(14-5-1-2-6-14)21-17(22)12-20-11-13-9-10-13;/h3-4,7-8,13-14,18,20H,1-2,5-6,9-12H2,(H,21,22);1H. The minimum absolute atomic E-state index is 0. The van der Waals surface area contributed by atoms with Crippen molar-refractivity contribution in [3.63, 3.8) is 0 Å². The fourth-order valence-corrected chi connectivity index (χ4v) is 3.40. The topological polar surface area (TPSA) is 41.1 Å². The van der Waals surface area contributed by atoms with Crippen LogP contribution in [0.25, 0.3) is 0 Å². The molecule has 1 amide bonds. The number of carbonyl (C=O) groups excluding carboxylic acids is 1. The highest BCUT2D eigenvalue weighted by Crippen LogP contribution is 2.36. The predicted octanol–water partition coefficient (Wildman–Crippen LogP) is 3.59. The Balaban J connectivity index is 0.00000192. The fourth-order valence-electron chi connectivity index (χ4n) is 3.40. The molecule has 0 radical (unpaired) electrons. The van der Waals surface area contributed by atoms with Crippen LogP contribution in [0, 0.1) is 17.7 Å². The molecule has 2 fully saturated rings. The van der Waals surface area contributed by atoms with E-state index < -0.39 is 0 Å². The number of nitrogens with one attached hydrogen (secondary N) is 2. The third kappa shape index (κ3) is 5.18. The molecule has 0 bridgehead atoms. The van der Waals surface area contributed by atoms with E-state index in [-0.39, 0.29) is 30.2 Å². The molecular weight excluding hydrogens is 315 g/mol. The molecule has 5 heteroatoms. The smallest absolute Gasteiger partial charge is 0.234 e. The average molecular weight is 341 g/mol. The zero-order valence-electron chi connectivity index (χ0n) is 13.4. The van der Waals surface area contributed by atoms with Gasteiger partial charge in [-0.2, -0.15) is 0 Å². The lowest BCUT2D eigenvalue weighted by Crippen LogP contribution is -2.39. The Morgan fingerprint density at radius 2 is 1.87 bits per heavy atom. The summed E-state index contributed by atoms with van der Waals surface area (Å²) in [6.45, 7) is 1.25. The van der Waals surface area contributed by atoms with Crippen LogP contribution in [0.1, 0.15) is 50.1 Å². The van der Waals surface area contributed by atoms with Crippen LogP contribution in [0.3, 0.4) is 0 Å². The molecule has 23 heavy (non-hydrogen) atoms. The first-order valence-electron chi connectivity index (χ1n) is 8.48. The second kappa shape index (κ2) is 8.65. The Hall–Kier alpha value is -1.13. The summed E-state index contributed by atoms with van der Waals surface area (Å²) in [5.41, 5.74) is 0.630. The Kier molecular flexibility index (Phi) is 6.85. The number of carbonyl (C=O) groups is 1. The first kappa shape index (κ1) is 18.2. The van der Waals surface area contributed by atoms with Crippen molar-refractivity contribution in [2.75, 3.05) is 13.1 Å². The molecule has 2 N–H and O–H groups in total. The second-order valence-corrected chi connectivity index (χ2v) is 6.69. The van der Waals surface area contributed by atoms with Gasteiger partial charge in [-0.1, -0.05) is 31.0 Å². The Labute approximate surface area is 143 Å². The van der Waals surface area contributed by atoms with Crippen molar-refractivity contribution in [2.45, 2.75) is 44.6 Å². The summed E-state index contributed by atoms with van der Waals surface area (Å²) in [7, 11) is 0. The Morgan fingerprint density at radius 3 is 2.52 bits per heavy atom. The van der Waals surface area contributed by atoms with Gasteiger partial charge in [-0.3, -0.25) is 4.79 Å². The van der Waals surface area contributed by atoms with E-state index in [1.807, 2.05) is 6.07 Å². The van der Waals surface area contributed by atoms with Crippen molar-refractivity contribution in [2.24, 2.45) is 11.8 Å². The molecule has 0 saturated heterocycles. The quantitative estimate of drug-likeness (QED) is 0.796. The van der Waals surface area contributed by atoms with Gasteiger partial charge in [0.25, 0.3) is 0 Å². The van der Waals surface area contributed by atoms with E-state index in [9.17, 15) is 9.18 Å². The largest absolute Gasteiger partial charge is 0.348 e. The van der Waals surface area contributed by atoms with Gasteiger partial charge in [0.15, 0.2) is 0 Å². The molecule has 0 spiro atoms. The van der Waals surface area contributed by atoms with Crippen LogP contribution in [0.2, 0.25) is 0 Å². The van der Waals surface area contributed by atoms with Crippen LogP contribution in [0.5, 0.6) is 0 Å². The minimum atomic E-state index is -0.217. The molecule has 2 aliphatic carbocycles. The normalized spacial score (nSPS) is 19.2. The summed E-state index contributed by atoms with van der Waals surface area (Å²) in [6, 6.07) is 6.63. The van der Waals surface area contributed by atoms with Crippen molar-refractivity contribution in [3.8, 4) is 0 Å². The van der Waals surface area contributed by atoms with Gasteiger partial charge in [0, 0.05) is 5.56 Å². The van der Waals surface area contributed by atoms with Crippen molar-refractivity contribution in [1.29, 1.82) is 0 Å². The molecule has 0 heterocycles. The summed E-state index contributed by atoms with van der Waals surface area (Å²) in [5, 5.41) is 6.27. The summed E-state index contributed by atoms with van der Waals surface area (Å²) < 4.78 is 14.1. The number of rotatable bonds is 7. The molecule has 3 nitrogen and oxygen atoms in total. The van der Waals surface area contributed by atoms with Crippen molar-refractivity contribution in [1.82, 2.24) is 10.6 Å². The zero-order valence-corrected chi connectivity index (χ0v) is 14.2. The molecule has 1 unspecified atom stereocenters. The third-order valence-corrected chi connectivity index (χ3v) is 4.84. The number of hydrogen-bond acceptors (Lipinski definition) is 2. The Bertz CT molecular complexity index is 515. The molecule has 3 rings (SSSR count). The van der Waals surface area contributed by atoms with Crippen molar-refractivity contribution in [3.05, 3.63) is 35.6 Å². The van der Waals surface area contributed by atoms with Gasteiger partial charge in [0.05, 0.1) is 12.6 Å². The van der Waals surface area contributed by atoms with Gasteiger partial charge in [0.1, 0.15) is 5.82 Å². The lowest BCUT2D eigenvalue weighted by Gasteiger charge is -2.25. The monoisotopic (exact) mass is 340 g/mol. The molecule has 2 saturated carbocycles. The van der Waals surface area contributed by atoms with E-state index in [0.717, 1.165) is 25.3 Å². The average Bonchev–Trinajstić information content (AvgIpc) is 3.17. The summed E-state index contributed by atoms with van der Waals surface area (Å²) in [6.07, 6.45) is 7.02. The SMILES string of the molecule is Cl.O=C(CNCC1CC1)NC(c1ccccc1F)C1CCCC1. The maximum absolute atomic E-state index is 14.1. The highest BCUT2D eigenvalue weighted by atomic mass is 35.5. The van der Waals surface area contributed by atoms with E-state index in [0.29, 0.717) is 18.0 Å². The highest BCUT2D eigenvalue weighted by Gasteiger charge is 2.29. The maximum atomic E-state index is 14.1. The second-order valence-electron chi connectivity index (χ2n) is 6.69. The molecule has 128 valence electrons. The molecule has 0 aliphatic heterocycles. The summed E-state index contributed by atoms with van der Waals surface area (Å²) in [5.74, 6) is 0.862. The van der Waals surface area contributed by atoms with Gasteiger partial charge < -0.3 is 10.6 Å². The first-order chi connectivity index (χ1) is 10.7. The van der Waals surface area contributed by atoms with Crippen LogP contribution in [-0.4, -0.2) is 19.0 Å². The van der Waals surface area contributed by atoms with Crippen molar-refractivity contribution >= 4 is 18.3 Å². The van der Waals surface area contributed by atoms with Gasteiger partial charge in [-0.05, 0) is 50.1 Å². The van der Waals surface area contributed by atoms with E-state index in [1.54, 1.807) is 12.1 Å². The number of hydrogen-bond donors (Lipinski definition) is 2. The van der Waals surface area contributed by atoms with Crippen LogP contribution in [-0.2, 0) is 4.79 Å². The number of halogens is 2. The fraction of sp³-hybridized carbons (Fsp3) is 0.611. The molecule has 1 atom stereocenters. The minimum Gasteiger partial charge on any atom is -0.348 e. The first-order valence-corrected chi connectivity index (χ1v) is 8.48. The summed E-state index contributed by atoms with van der Waals surface area (Å²) in [4.78, 5) is 12.2.